The molecule has 0 aliphatic carbocycles. The lowest BCUT2D eigenvalue weighted by Crippen LogP contribution is -2.23. The number of fused-ring (bicyclic) bond motifs is 2. The van der Waals surface area contributed by atoms with Crippen molar-refractivity contribution in [1.29, 1.82) is 0 Å². The molecule has 0 radical (unpaired) electrons. The third-order valence-corrected chi connectivity index (χ3v) is 4.40. The van der Waals surface area contributed by atoms with E-state index in [-0.39, 0.29) is 18.2 Å². The minimum atomic E-state index is -0.325. The Labute approximate surface area is 133 Å². The number of aromatic amines is 1. The molecule has 0 amide bonds. The quantitative estimate of drug-likeness (QED) is 0.724. The van der Waals surface area contributed by atoms with Crippen LogP contribution in [-0.2, 0) is 20.0 Å². The summed E-state index contributed by atoms with van der Waals surface area (Å²) in [5, 5.41) is 3.40. The van der Waals surface area contributed by atoms with Gasteiger partial charge in [0.1, 0.15) is 0 Å². The van der Waals surface area contributed by atoms with Crippen molar-refractivity contribution >= 4 is 23.5 Å². The first-order valence-corrected chi connectivity index (χ1v) is 7.16. The standard InChI is InChI=1S/C16H17N3O2.ClH/c1-9-11-8-17-6-5-12(11)18-15(9)10-3-4-13-14(7-10)21-16(20)19(13)2;/h3-4,7,17-18H,5-6,8H2,1-2H3;1H. The van der Waals surface area contributed by atoms with Gasteiger partial charge in [-0.15, -0.1) is 12.4 Å². The molecule has 5 nitrogen and oxygen atoms in total. The van der Waals surface area contributed by atoms with Gasteiger partial charge in [-0.25, -0.2) is 4.79 Å². The van der Waals surface area contributed by atoms with Crippen LogP contribution in [0.4, 0.5) is 0 Å². The maximum absolute atomic E-state index is 11.6. The van der Waals surface area contributed by atoms with Gasteiger partial charge in [-0.1, -0.05) is 6.07 Å². The third kappa shape index (κ3) is 2.09. The van der Waals surface area contributed by atoms with E-state index in [1.165, 1.54) is 21.4 Å². The monoisotopic (exact) mass is 319 g/mol. The average molecular weight is 320 g/mol. The van der Waals surface area contributed by atoms with Gasteiger partial charge in [-0.05, 0) is 30.2 Å². The molecule has 3 heterocycles. The molecule has 2 aromatic heterocycles. The number of nitrogens with zero attached hydrogens (tertiary/aromatic N) is 1. The lowest BCUT2D eigenvalue weighted by Gasteiger charge is -2.12. The summed E-state index contributed by atoms with van der Waals surface area (Å²) in [7, 11) is 1.72. The maximum atomic E-state index is 11.6. The first-order chi connectivity index (χ1) is 10.1. The van der Waals surface area contributed by atoms with Gasteiger partial charge < -0.3 is 14.7 Å². The molecule has 0 bridgehead atoms. The molecule has 0 atom stereocenters. The predicted octanol–water partition coefficient (Wildman–Crippen LogP) is 2.50. The Balaban J connectivity index is 0.00000144. The Hall–Kier alpha value is -1.98. The van der Waals surface area contributed by atoms with Crippen LogP contribution in [0.15, 0.2) is 27.4 Å². The van der Waals surface area contributed by atoms with Crippen molar-refractivity contribution in [3.05, 3.63) is 45.6 Å². The Kier molecular flexibility index (Phi) is 3.62. The highest BCUT2D eigenvalue weighted by atomic mass is 35.5. The first kappa shape index (κ1) is 14.9. The molecular formula is C16H18ClN3O2. The van der Waals surface area contributed by atoms with Gasteiger partial charge in [0.05, 0.1) is 5.52 Å². The molecular weight excluding hydrogens is 302 g/mol. The van der Waals surface area contributed by atoms with Gasteiger partial charge in [0.25, 0.3) is 0 Å². The number of benzene rings is 1. The number of H-pyrrole nitrogens is 1. The number of aryl methyl sites for hydroxylation is 1. The van der Waals surface area contributed by atoms with Crippen LogP contribution in [0.25, 0.3) is 22.4 Å². The number of aromatic nitrogens is 2. The van der Waals surface area contributed by atoms with Crippen LogP contribution in [-0.4, -0.2) is 16.1 Å². The van der Waals surface area contributed by atoms with Crippen molar-refractivity contribution in [3.63, 3.8) is 0 Å². The predicted molar refractivity (Wildman–Crippen MR) is 88.6 cm³/mol. The molecule has 0 saturated carbocycles. The highest BCUT2D eigenvalue weighted by Crippen LogP contribution is 2.30. The lowest BCUT2D eigenvalue weighted by molar-refractivity contribution is 0.528. The number of hydrogen-bond acceptors (Lipinski definition) is 3. The number of halogens is 1. The molecule has 1 aliphatic rings. The molecule has 4 rings (SSSR count). The molecule has 22 heavy (non-hydrogen) atoms. The van der Waals surface area contributed by atoms with Gasteiger partial charge >= 0.3 is 5.76 Å². The smallest absolute Gasteiger partial charge is 0.408 e. The summed E-state index contributed by atoms with van der Waals surface area (Å²) >= 11 is 0. The van der Waals surface area contributed by atoms with Gasteiger partial charge in [-0.2, -0.15) is 0 Å². The average Bonchev–Trinajstić information content (AvgIpc) is 2.98. The van der Waals surface area contributed by atoms with E-state index in [1.807, 2.05) is 18.2 Å². The molecule has 1 aromatic carbocycles. The zero-order valence-electron chi connectivity index (χ0n) is 12.5. The van der Waals surface area contributed by atoms with Crippen LogP contribution in [0.5, 0.6) is 0 Å². The Morgan fingerprint density at radius 1 is 1.32 bits per heavy atom. The van der Waals surface area contributed by atoms with E-state index in [0.717, 1.165) is 36.3 Å². The van der Waals surface area contributed by atoms with E-state index < -0.39 is 0 Å². The fourth-order valence-corrected chi connectivity index (χ4v) is 3.15. The van der Waals surface area contributed by atoms with Crippen molar-refractivity contribution < 1.29 is 4.42 Å². The number of rotatable bonds is 1. The van der Waals surface area contributed by atoms with E-state index in [1.54, 1.807) is 7.05 Å². The minimum Gasteiger partial charge on any atom is -0.408 e. The molecule has 2 N–H and O–H groups in total. The van der Waals surface area contributed by atoms with Gasteiger partial charge in [0, 0.05) is 43.5 Å². The second-order valence-electron chi connectivity index (χ2n) is 5.62. The van der Waals surface area contributed by atoms with Crippen LogP contribution >= 0.6 is 12.4 Å². The number of hydrogen-bond donors (Lipinski definition) is 2. The van der Waals surface area contributed by atoms with Crippen molar-refractivity contribution in [3.8, 4) is 11.3 Å². The highest BCUT2D eigenvalue weighted by Gasteiger charge is 2.18. The minimum absolute atomic E-state index is 0. The summed E-state index contributed by atoms with van der Waals surface area (Å²) in [4.78, 5) is 15.1. The van der Waals surface area contributed by atoms with Crippen LogP contribution in [0.1, 0.15) is 16.8 Å². The molecule has 6 heteroatoms. The molecule has 1 aliphatic heterocycles. The number of nitrogens with one attached hydrogen (secondary N) is 2. The molecule has 116 valence electrons. The third-order valence-electron chi connectivity index (χ3n) is 4.40. The van der Waals surface area contributed by atoms with Crippen molar-refractivity contribution in [2.24, 2.45) is 7.05 Å². The van der Waals surface area contributed by atoms with Gasteiger partial charge in [-0.3, -0.25) is 4.57 Å². The summed E-state index contributed by atoms with van der Waals surface area (Å²) in [6.45, 7) is 4.07. The van der Waals surface area contributed by atoms with Crippen molar-refractivity contribution in [2.75, 3.05) is 6.54 Å². The molecule has 3 aromatic rings. The summed E-state index contributed by atoms with van der Waals surface area (Å²) in [6.07, 6.45) is 1.03. The van der Waals surface area contributed by atoms with E-state index in [9.17, 15) is 4.79 Å². The molecule has 0 spiro atoms. The Morgan fingerprint density at radius 2 is 2.14 bits per heavy atom. The summed E-state index contributed by atoms with van der Waals surface area (Å²) in [5.41, 5.74) is 7.59. The van der Waals surface area contributed by atoms with Crippen molar-refractivity contribution in [1.82, 2.24) is 14.9 Å². The fourth-order valence-electron chi connectivity index (χ4n) is 3.15. The summed E-state index contributed by atoms with van der Waals surface area (Å²) in [6, 6.07) is 5.91. The fraction of sp³-hybridized carbons (Fsp3) is 0.312. The molecule has 0 unspecified atom stereocenters. The first-order valence-electron chi connectivity index (χ1n) is 7.16. The number of oxazole rings is 1. The van der Waals surface area contributed by atoms with Gasteiger partial charge in [0.2, 0.25) is 0 Å². The maximum Gasteiger partial charge on any atom is 0.419 e. The highest BCUT2D eigenvalue weighted by molar-refractivity contribution is 5.85. The summed E-state index contributed by atoms with van der Waals surface area (Å²) in [5.74, 6) is -0.325. The van der Waals surface area contributed by atoms with Crippen molar-refractivity contribution in [2.45, 2.75) is 19.9 Å². The van der Waals surface area contributed by atoms with E-state index in [2.05, 4.69) is 17.2 Å². The van der Waals surface area contributed by atoms with Crippen LogP contribution < -0.4 is 11.1 Å². The second kappa shape index (κ2) is 5.34. The Morgan fingerprint density at radius 3 is 2.91 bits per heavy atom. The van der Waals surface area contributed by atoms with E-state index in [0.29, 0.717) is 5.58 Å². The Bertz CT molecular complexity index is 904. The summed E-state index contributed by atoms with van der Waals surface area (Å²) < 4.78 is 6.81. The van der Waals surface area contributed by atoms with Crippen LogP contribution in [0.3, 0.4) is 0 Å². The second-order valence-corrected chi connectivity index (χ2v) is 5.62. The SMILES string of the molecule is Cc1c(-c2ccc3c(c2)oc(=O)n3C)[nH]c2c1CNCC2.Cl. The zero-order chi connectivity index (χ0) is 14.6. The topological polar surface area (TPSA) is 63.0 Å². The van der Waals surface area contributed by atoms with E-state index in [4.69, 9.17) is 4.42 Å². The normalized spacial score (nSPS) is 13.9. The van der Waals surface area contributed by atoms with Gasteiger partial charge in [0.15, 0.2) is 5.58 Å². The molecule has 0 fully saturated rings. The van der Waals surface area contributed by atoms with Crippen LogP contribution in [0.2, 0.25) is 0 Å². The largest absolute Gasteiger partial charge is 0.419 e. The molecule has 0 saturated heterocycles. The van der Waals surface area contributed by atoms with Crippen LogP contribution in [0, 0.1) is 6.92 Å². The van der Waals surface area contributed by atoms with E-state index >= 15 is 0 Å². The zero-order valence-corrected chi connectivity index (χ0v) is 13.3. The lowest BCUT2D eigenvalue weighted by atomic mass is 10.0.